The number of pyridine rings is 1. The molecule has 2 aromatic rings. The minimum Gasteiger partial charge on any atom is -0.299 e. The van der Waals surface area contributed by atoms with E-state index >= 15 is 0 Å². The van der Waals surface area contributed by atoms with Crippen molar-refractivity contribution in [3.63, 3.8) is 0 Å². The van der Waals surface area contributed by atoms with E-state index in [0.29, 0.717) is 12.1 Å². The van der Waals surface area contributed by atoms with E-state index in [1.807, 2.05) is 24.3 Å². The van der Waals surface area contributed by atoms with Crippen LogP contribution in [0.1, 0.15) is 29.8 Å². The van der Waals surface area contributed by atoms with Crippen LogP contribution in [0.4, 0.5) is 5.69 Å². The molecule has 1 aromatic heterocycles. The predicted octanol–water partition coefficient (Wildman–Crippen LogP) is 2.07. The molecule has 0 radical (unpaired) electrons. The van der Waals surface area contributed by atoms with Gasteiger partial charge in [-0.25, -0.2) is 8.42 Å². The van der Waals surface area contributed by atoms with Crippen LogP contribution in [0.5, 0.6) is 0 Å². The molecule has 3 aliphatic rings. The first kappa shape index (κ1) is 24.1. The van der Waals surface area contributed by atoms with E-state index in [9.17, 15) is 21.6 Å². The van der Waals surface area contributed by atoms with Gasteiger partial charge in [0.1, 0.15) is 5.78 Å². The number of hydrogen-bond donors (Lipinski definition) is 1. The Kier molecular flexibility index (Phi) is 6.28. The number of allylic oxidation sites excluding steroid dienone is 1. The zero-order chi connectivity index (χ0) is 24.8. The maximum absolute atomic E-state index is 12.8. The number of sulfonamides is 1. The van der Waals surface area contributed by atoms with Crippen LogP contribution in [0, 0.1) is 5.92 Å². The summed E-state index contributed by atoms with van der Waals surface area (Å²) in [5, 5.41) is 0. The maximum Gasteiger partial charge on any atom is 0.301 e. The number of aromatic nitrogens is 1. The number of anilines is 1. The van der Waals surface area contributed by atoms with Crippen molar-refractivity contribution in [3.05, 3.63) is 53.4 Å². The first-order chi connectivity index (χ1) is 16.6. The Bertz CT molecular complexity index is 1390. The van der Waals surface area contributed by atoms with Gasteiger partial charge in [-0.15, -0.1) is 0 Å². The lowest BCUT2D eigenvalue weighted by Crippen LogP contribution is -2.51. The molecule has 1 aliphatic heterocycles. The molecule has 0 atom stereocenters. The molecule has 0 unspecified atom stereocenters. The Labute approximate surface area is 206 Å². The summed E-state index contributed by atoms with van der Waals surface area (Å²) in [6, 6.07) is 9.09. The fourth-order valence-electron chi connectivity index (χ4n) is 4.53. The smallest absolute Gasteiger partial charge is 0.299 e. The van der Waals surface area contributed by atoms with Gasteiger partial charge in [0.05, 0.1) is 11.9 Å². The Hall–Kier alpha value is -2.60. The summed E-state index contributed by atoms with van der Waals surface area (Å²) in [5.41, 5.74) is 5.08. The first-order valence-corrected chi connectivity index (χ1v) is 14.9. The van der Waals surface area contributed by atoms with Crippen molar-refractivity contribution in [3.8, 4) is 11.1 Å². The molecule has 1 saturated heterocycles. The molecule has 1 aromatic carbocycles. The van der Waals surface area contributed by atoms with Gasteiger partial charge in [0.15, 0.2) is 0 Å². The van der Waals surface area contributed by atoms with Crippen molar-refractivity contribution < 1.29 is 21.6 Å². The van der Waals surface area contributed by atoms with E-state index in [-0.39, 0.29) is 37.9 Å². The van der Waals surface area contributed by atoms with Gasteiger partial charge >= 0.3 is 10.2 Å². The molecule has 186 valence electrons. The summed E-state index contributed by atoms with van der Waals surface area (Å²) >= 11 is 0. The van der Waals surface area contributed by atoms with E-state index in [0.717, 1.165) is 53.6 Å². The highest BCUT2D eigenvalue weighted by Crippen LogP contribution is 2.34. The molecule has 2 heterocycles. The van der Waals surface area contributed by atoms with Gasteiger partial charge in [-0.3, -0.25) is 14.5 Å². The summed E-state index contributed by atoms with van der Waals surface area (Å²) in [6.45, 7) is 0.451. The number of nitrogens with zero attached hydrogens (tertiary/aromatic N) is 3. The molecule has 35 heavy (non-hydrogen) atoms. The molecule has 11 heteroatoms. The lowest BCUT2D eigenvalue weighted by molar-refractivity contribution is -0.119. The Morgan fingerprint density at radius 2 is 1.69 bits per heavy atom. The molecule has 0 bridgehead atoms. The number of Topliss-reactive ketones (excluding diaryl/α,β-unsaturated/α-hetero) is 1. The molecule has 2 fully saturated rings. The van der Waals surface area contributed by atoms with E-state index in [1.54, 1.807) is 12.1 Å². The molecule has 9 nitrogen and oxygen atoms in total. The predicted molar refractivity (Wildman–Crippen MR) is 134 cm³/mol. The van der Waals surface area contributed by atoms with Gasteiger partial charge in [-0.1, -0.05) is 24.3 Å². The minimum absolute atomic E-state index is 0.0956. The summed E-state index contributed by atoms with van der Waals surface area (Å²) in [4.78, 5) is 17.0. The van der Waals surface area contributed by atoms with Crippen LogP contribution < -0.4 is 4.72 Å². The van der Waals surface area contributed by atoms with Gasteiger partial charge in [0.2, 0.25) is 10.0 Å². The zero-order valence-electron chi connectivity index (χ0n) is 19.5. The lowest BCUT2D eigenvalue weighted by atomic mass is 9.97. The summed E-state index contributed by atoms with van der Waals surface area (Å²) in [6.07, 6.45) is 8.25. The Morgan fingerprint density at radius 3 is 2.31 bits per heavy atom. The fourth-order valence-corrected chi connectivity index (χ4v) is 6.56. The highest BCUT2D eigenvalue weighted by molar-refractivity contribution is 7.90. The van der Waals surface area contributed by atoms with Gasteiger partial charge in [-0.05, 0) is 42.2 Å². The number of benzene rings is 1. The highest BCUT2D eigenvalue weighted by Gasteiger charge is 2.31. The molecule has 2 aliphatic carbocycles. The normalized spacial score (nSPS) is 19.0. The summed E-state index contributed by atoms with van der Waals surface area (Å²) < 4.78 is 54.1. The third-order valence-corrected chi connectivity index (χ3v) is 9.47. The topological polar surface area (TPSA) is 117 Å². The number of fused-ring (bicyclic) bond motifs is 1. The third-order valence-electron chi connectivity index (χ3n) is 6.62. The van der Waals surface area contributed by atoms with Gasteiger partial charge < -0.3 is 0 Å². The van der Waals surface area contributed by atoms with Crippen LogP contribution in [0.2, 0.25) is 0 Å². The lowest BCUT2D eigenvalue weighted by Gasteiger charge is -2.32. The molecule has 0 spiro atoms. The molecule has 5 rings (SSSR count). The number of rotatable bonds is 8. The van der Waals surface area contributed by atoms with E-state index in [1.165, 1.54) is 8.61 Å². The van der Waals surface area contributed by atoms with E-state index < -0.39 is 20.2 Å². The number of piperazine rings is 1. The number of hydrogen-bond acceptors (Lipinski definition) is 6. The SMILES string of the molecule is CS(=O)(=O)N1CCN(S(=O)(=O)Nc2ccc(-c3cc(CC(=O)C4CC4)nc4c3C=CC4)cc2)CC1. The average molecular weight is 517 g/mol. The number of ketones is 1. The number of carbonyl (C=O) groups excluding carboxylic acids is 1. The van der Waals surface area contributed by atoms with E-state index in [2.05, 4.69) is 10.8 Å². The van der Waals surface area contributed by atoms with Gasteiger partial charge in [-0.2, -0.15) is 17.0 Å². The zero-order valence-corrected chi connectivity index (χ0v) is 21.1. The van der Waals surface area contributed by atoms with Crippen molar-refractivity contribution in [1.29, 1.82) is 0 Å². The maximum atomic E-state index is 12.8. The molecule has 1 saturated carbocycles. The Morgan fingerprint density at radius 1 is 1.03 bits per heavy atom. The van der Waals surface area contributed by atoms with Crippen molar-refractivity contribution in [2.24, 2.45) is 5.92 Å². The van der Waals surface area contributed by atoms with Crippen molar-refractivity contribution in [1.82, 2.24) is 13.6 Å². The van der Waals surface area contributed by atoms with Crippen LogP contribution in [-0.4, -0.2) is 68.6 Å². The number of nitrogens with one attached hydrogen (secondary N) is 1. The van der Waals surface area contributed by atoms with Crippen LogP contribution >= 0.6 is 0 Å². The van der Waals surface area contributed by atoms with E-state index in [4.69, 9.17) is 4.98 Å². The van der Waals surface area contributed by atoms with Gasteiger partial charge in [0.25, 0.3) is 0 Å². The second-order valence-corrected chi connectivity index (χ2v) is 12.9. The molecule has 1 N–H and O–H groups in total. The average Bonchev–Trinajstić information content (AvgIpc) is 3.56. The largest absolute Gasteiger partial charge is 0.301 e. The van der Waals surface area contributed by atoms with Crippen LogP contribution in [-0.2, 0) is 37.9 Å². The monoisotopic (exact) mass is 516 g/mol. The standard InChI is InChI=1S/C24H28N4O5S2/c1-34(30,31)27-11-13-28(14-12-27)35(32,33)26-19-9-7-17(8-10-19)22-15-20(16-24(29)18-5-6-18)25-23-4-2-3-21(22)23/h2-3,7-10,15,18,26H,4-6,11-14,16H2,1H3. The summed E-state index contributed by atoms with van der Waals surface area (Å²) in [5.74, 6) is 0.435. The van der Waals surface area contributed by atoms with Crippen molar-refractivity contribution >= 4 is 37.8 Å². The van der Waals surface area contributed by atoms with Crippen molar-refractivity contribution in [2.45, 2.75) is 25.7 Å². The highest BCUT2D eigenvalue weighted by atomic mass is 32.2. The fraction of sp³-hybridized carbons (Fsp3) is 0.417. The van der Waals surface area contributed by atoms with Crippen molar-refractivity contribution in [2.75, 3.05) is 37.2 Å². The molecular weight excluding hydrogens is 488 g/mol. The van der Waals surface area contributed by atoms with Crippen LogP contribution in [0.15, 0.2) is 36.4 Å². The Balaban J connectivity index is 1.31. The molecule has 0 amide bonds. The van der Waals surface area contributed by atoms with Crippen LogP contribution in [0.3, 0.4) is 0 Å². The minimum atomic E-state index is -3.81. The quantitative estimate of drug-likeness (QED) is 0.574. The first-order valence-electron chi connectivity index (χ1n) is 11.7. The summed E-state index contributed by atoms with van der Waals surface area (Å²) in [7, 11) is -7.15. The second-order valence-electron chi connectivity index (χ2n) is 9.29. The molecular formula is C24H28N4O5S2. The van der Waals surface area contributed by atoms with Crippen LogP contribution in [0.25, 0.3) is 17.2 Å². The van der Waals surface area contributed by atoms with Gasteiger partial charge in [0, 0.05) is 61.9 Å². The number of carbonyl (C=O) groups is 1. The third kappa shape index (κ3) is 5.32. The second kappa shape index (κ2) is 9.12.